The highest BCUT2D eigenvalue weighted by molar-refractivity contribution is 7.47. The largest absolute Gasteiger partial charge is 0.472 e. The third-order valence-corrected chi connectivity index (χ3v) is 17.5. The van der Waals surface area contributed by atoms with Gasteiger partial charge in [0.25, 0.3) is 0 Å². The molecule has 5 atom stereocenters. The maximum Gasteiger partial charge on any atom is 0.472 e. The van der Waals surface area contributed by atoms with Gasteiger partial charge in [0.05, 0.1) is 26.4 Å². The van der Waals surface area contributed by atoms with Gasteiger partial charge in [0, 0.05) is 25.7 Å². The van der Waals surface area contributed by atoms with E-state index < -0.39 is 97.5 Å². The predicted octanol–water partition coefficient (Wildman–Crippen LogP) is 19.1. The average molecular weight is 1270 g/mol. The topological polar surface area (TPSA) is 237 Å². The Morgan fingerprint density at radius 2 is 0.465 bits per heavy atom. The Kier molecular flexibility index (Phi) is 60.5. The predicted molar refractivity (Wildman–Crippen MR) is 345 cm³/mol. The molecule has 0 aliphatic heterocycles. The van der Waals surface area contributed by atoms with Crippen molar-refractivity contribution < 1.29 is 80.2 Å². The molecule has 0 radical (unpaired) electrons. The molecule has 86 heavy (non-hydrogen) atoms. The Morgan fingerprint density at radius 3 is 0.686 bits per heavy atom. The first-order chi connectivity index (χ1) is 41.7. The van der Waals surface area contributed by atoms with Crippen LogP contribution in [-0.4, -0.2) is 96.7 Å². The summed E-state index contributed by atoms with van der Waals surface area (Å²) in [4.78, 5) is 72.2. The van der Waals surface area contributed by atoms with Crippen LogP contribution in [0.2, 0.25) is 0 Å². The lowest BCUT2D eigenvalue weighted by Crippen LogP contribution is -2.30. The maximum absolute atomic E-state index is 13.0. The molecule has 0 spiro atoms. The number of ether oxygens (including phenoxy) is 4. The lowest BCUT2D eigenvalue weighted by molar-refractivity contribution is -0.161. The molecule has 0 rings (SSSR count). The number of carbonyl (C=O) groups is 4. The molecule has 0 aliphatic rings. The number of aliphatic hydroxyl groups is 1. The van der Waals surface area contributed by atoms with Crippen molar-refractivity contribution in [3.05, 3.63) is 0 Å². The molecule has 0 aromatic rings. The van der Waals surface area contributed by atoms with Crippen molar-refractivity contribution in [1.29, 1.82) is 0 Å². The van der Waals surface area contributed by atoms with Crippen molar-refractivity contribution in [2.24, 2.45) is 0 Å². The van der Waals surface area contributed by atoms with Gasteiger partial charge in [0.2, 0.25) is 0 Å². The fraction of sp³-hybridized carbons (Fsp3) is 0.940. The third kappa shape index (κ3) is 60.9. The van der Waals surface area contributed by atoms with Crippen LogP contribution < -0.4 is 0 Å². The molecule has 0 amide bonds. The maximum atomic E-state index is 13.0. The van der Waals surface area contributed by atoms with E-state index in [9.17, 15) is 43.2 Å². The van der Waals surface area contributed by atoms with Gasteiger partial charge in [0.1, 0.15) is 19.3 Å². The van der Waals surface area contributed by atoms with Gasteiger partial charge in [0.15, 0.2) is 12.2 Å². The highest BCUT2D eigenvalue weighted by atomic mass is 31.2. The molecule has 510 valence electrons. The van der Waals surface area contributed by atoms with Gasteiger partial charge in [-0.25, -0.2) is 9.13 Å². The number of esters is 4. The number of hydrogen-bond donors (Lipinski definition) is 3. The first-order valence-corrected chi connectivity index (χ1v) is 38.3. The summed E-state index contributed by atoms with van der Waals surface area (Å²) in [5, 5.41) is 10.5. The van der Waals surface area contributed by atoms with E-state index >= 15 is 0 Å². The van der Waals surface area contributed by atoms with Gasteiger partial charge < -0.3 is 33.8 Å². The Labute approximate surface area is 524 Å². The molecule has 0 saturated carbocycles. The van der Waals surface area contributed by atoms with Crippen LogP contribution in [0.15, 0.2) is 0 Å². The van der Waals surface area contributed by atoms with Gasteiger partial charge in [-0.1, -0.05) is 297 Å². The Balaban J connectivity index is 5.18. The van der Waals surface area contributed by atoms with E-state index in [0.29, 0.717) is 25.7 Å². The second-order valence-corrected chi connectivity index (χ2v) is 27.1. The van der Waals surface area contributed by atoms with Crippen LogP contribution in [0, 0.1) is 0 Å². The van der Waals surface area contributed by atoms with E-state index in [2.05, 4.69) is 27.7 Å². The number of phosphoric ester groups is 2. The highest BCUT2D eigenvalue weighted by Crippen LogP contribution is 2.45. The van der Waals surface area contributed by atoms with Crippen molar-refractivity contribution in [3.8, 4) is 0 Å². The summed E-state index contributed by atoms with van der Waals surface area (Å²) in [6.07, 6.45) is 48.6. The molecule has 0 aromatic carbocycles. The Morgan fingerprint density at radius 1 is 0.279 bits per heavy atom. The van der Waals surface area contributed by atoms with Crippen molar-refractivity contribution in [2.75, 3.05) is 39.6 Å². The molecule has 0 bridgehead atoms. The third-order valence-electron chi connectivity index (χ3n) is 15.6. The molecule has 0 saturated heterocycles. The van der Waals surface area contributed by atoms with Gasteiger partial charge in [-0.3, -0.25) is 37.3 Å². The summed E-state index contributed by atoms with van der Waals surface area (Å²) < 4.78 is 68.0. The molecule has 19 heteroatoms. The quantitative estimate of drug-likeness (QED) is 0.0222. The van der Waals surface area contributed by atoms with E-state index in [1.54, 1.807) is 0 Å². The van der Waals surface area contributed by atoms with E-state index in [4.69, 9.17) is 37.0 Å². The molecule has 2 unspecified atom stereocenters. The van der Waals surface area contributed by atoms with Crippen LogP contribution in [-0.2, 0) is 65.4 Å². The first-order valence-electron chi connectivity index (χ1n) is 35.3. The van der Waals surface area contributed by atoms with Crippen LogP contribution in [0.25, 0.3) is 0 Å². The van der Waals surface area contributed by atoms with Gasteiger partial charge in [-0.2, -0.15) is 0 Å². The molecule has 0 aromatic heterocycles. The van der Waals surface area contributed by atoms with Crippen LogP contribution in [0.1, 0.15) is 349 Å². The van der Waals surface area contributed by atoms with Crippen molar-refractivity contribution >= 4 is 39.5 Å². The number of unbranched alkanes of at least 4 members (excludes halogenated alkanes) is 42. The van der Waals surface area contributed by atoms with Crippen LogP contribution in [0.3, 0.4) is 0 Å². The van der Waals surface area contributed by atoms with Crippen molar-refractivity contribution in [1.82, 2.24) is 0 Å². The van der Waals surface area contributed by atoms with Crippen molar-refractivity contribution in [3.63, 3.8) is 0 Å². The summed E-state index contributed by atoms with van der Waals surface area (Å²) in [6.45, 7) is 4.88. The standard InChI is InChI=1S/C67H130O17P2/c1-5-9-13-17-21-24-27-28-29-30-31-32-35-38-42-46-50-54-67(72)84-63(58-78-65(70)52-48-44-40-36-33-25-22-18-14-10-6-2)60-82-86(75,76)80-56-61(68)55-79-85(73,74)81-59-62(57-77-64(69)51-47-43-39-20-16-12-8-4)83-66(71)53-49-45-41-37-34-26-23-19-15-11-7-3/h61-63,68H,5-60H2,1-4H3,(H,73,74)(H,75,76)/t61-,62+,63+/m0/s1. The number of phosphoric acid groups is 2. The smallest absolute Gasteiger partial charge is 0.462 e. The zero-order valence-electron chi connectivity index (χ0n) is 55.3. The lowest BCUT2D eigenvalue weighted by Gasteiger charge is -2.21. The van der Waals surface area contributed by atoms with E-state index in [1.807, 2.05) is 0 Å². The Bertz CT molecular complexity index is 1650. The number of hydrogen-bond acceptors (Lipinski definition) is 15. The van der Waals surface area contributed by atoms with Crippen LogP contribution >= 0.6 is 15.6 Å². The van der Waals surface area contributed by atoms with E-state index in [0.717, 1.165) is 103 Å². The van der Waals surface area contributed by atoms with Crippen LogP contribution in [0.4, 0.5) is 0 Å². The zero-order chi connectivity index (χ0) is 63.3. The fourth-order valence-corrected chi connectivity index (χ4v) is 11.7. The minimum absolute atomic E-state index is 0.107. The minimum Gasteiger partial charge on any atom is -0.462 e. The summed E-state index contributed by atoms with van der Waals surface area (Å²) in [6, 6.07) is 0. The second kappa shape index (κ2) is 61.9. The molecule has 0 fully saturated rings. The molecule has 0 heterocycles. The number of aliphatic hydroxyl groups excluding tert-OH is 1. The molecule has 17 nitrogen and oxygen atoms in total. The summed E-state index contributed by atoms with van der Waals surface area (Å²) in [5.41, 5.74) is 0. The molecular weight excluding hydrogens is 1140 g/mol. The molecule has 3 N–H and O–H groups in total. The molecule has 0 aliphatic carbocycles. The van der Waals surface area contributed by atoms with Crippen LogP contribution in [0.5, 0.6) is 0 Å². The minimum atomic E-state index is -4.95. The van der Waals surface area contributed by atoms with Gasteiger partial charge in [-0.15, -0.1) is 0 Å². The van der Waals surface area contributed by atoms with Gasteiger partial charge >= 0.3 is 39.5 Å². The Hall–Kier alpha value is -1.94. The SMILES string of the molecule is CCCCCCCCCCCCCCCCCCCC(=O)O[C@H](COC(=O)CCCCCCCCCCCCC)COP(=O)(O)OC[C@@H](O)COP(=O)(O)OC[C@@H](COC(=O)CCCCCCCCC)OC(=O)CCCCCCCCCCCCC. The zero-order valence-corrected chi connectivity index (χ0v) is 57.1. The first kappa shape index (κ1) is 84.1. The highest BCUT2D eigenvalue weighted by Gasteiger charge is 2.30. The monoisotopic (exact) mass is 1270 g/mol. The summed E-state index contributed by atoms with van der Waals surface area (Å²) in [5.74, 6) is -2.13. The number of carbonyl (C=O) groups excluding carboxylic acids is 4. The van der Waals surface area contributed by atoms with E-state index in [1.165, 1.54) is 167 Å². The van der Waals surface area contributed by atoms with Gasteiger partial charge in [-0.05, 0) is 25.7 Å². The van der Waals surface area contributed by atoms with Crippen molar-refractivity contribution in [2.45, 2.75) is 367 Å². The summed E-state index contributed by atoms with van der Waals surface area (Å²) in [7, 11) is -9.88. The lowest BCUT2D eigenvalue weighted by atomic mass is 10.0. The normalized spacial score (nSPS) is 14.1. The van der Waals surface area contributed by atoms with E-state index in [-0.39, 0.29) is 25.7 Å². The fourth-order valence-electron chi connectivity index (χ4n) is 10.2. The number of rotatable bonds is 68. The molecular formula is C67H130O17P2. The summed E-state index contributed by atoms with van der Waals surface area (Å²) >= 11 is 0. The second-order valence-electron chi connectivity index (χ2n) is 24.2. The average Bonchev–Trinajstić information content (AvgIpc) is 3.71.